The van der Waals surface area contributed by atoms with Gasteiger partial charge in [-0.3, -0.25) is 0 Å². The van der Waals surface area contributed by atoms with Gasteiger partial charge in [0.2, 0.25) is 0 Å². The molecule has 2 N–H and O–H groups in total. The molecule has 0 unspecified atom stereocenters. The molecule has 0 bridgehead atoms. The highest BCUT2D eigenvalue weighted by molar-refractivity contribution is 6.30. The molecule has 0 aliphatic carbocycles. The SMILES string of the molecule is COc1ccc(Nc2cc(NCc3ccc(Cl)cc3)ncn2)cc1. The van der Waals surface area contributed by atoms with Gasteiger partial charge in [0.25, 0.3) is 0 Å². The lowest BCUT2D eigenvalue weighted by Crippen LogP contribution is -2.03. The van der Waals surface area contributed by atoms with Crippen molar-refractivity contribution in [2.75, 3.05) is 17.7 Å². The Kier molecular flexibility index (Phi) is 5.13. The number of halogens is 1. The van der Waals surface area contributed by atoms with Crippen LogP contribution in [0.3, 0.4) is 0 Å². The smallest absolute Gasteiger partial charge is 0.135 e. The van der Waals surface area contributed by atoms with Crippen LogP contribution >= 0.6 is 11.6 Å². The van der Waals surface area contributed by atoms with Crippen molar-refractivity contribution in [3.05, 3.63) is 71.5 Å². The molecule has 122 valence electrons. The molecule has 0 saturated carbocycles. The van der Waals surface area contributed by atoms with Crippen LogP contribution in [0.2, 0.25) is 5.02 Å². The number of anilines is 3. The van der Waals surface area contributed by atoms with E-state index >= 15 is 0 Å². The van der Waals surface area contributed by atoms with Gasteiger partial charge in [0.05, 0.1) is 7.11 Å². The van der Waals surface area contributed by atoms with Crippen LogP contribution < -0.4 is 15.4 Å². The Morgan fingerprint density at radius 1 is 0.958 bits per heavy atom. The summed E-state index contributed by atoms with van der Waals surface area (Å²) in [6.45, 7) is 0.663. The Morgan fingerprint density at radius 3 is 2.38 bits per heavy atom. The molecule has 5 nitrogen and oxygen atoms in total. The Morgan fingerprint density at radius 2 is 1.67 bits per heavy atom. The number of ether oxygens (including phenoxy) is 1. The number of aromatic nitrogens is 2. The minimum absolute atomic E-state index is 0.663. The van der Waals surface area contributed by atoms with E-state index in [2.05, 4.69) is 20.6 Å². The topological polar surface area (TPSA) is 59.1 Å². The molecule has 3 aromatic rings. The number of hydrogen-bond acceptors (Lipinski definition) is 5. The second-order valence-corrected chi connectivity index (χ2v) is 5.56. The van der Waals surface area contributed by atoms with Crippen LogP contribution in [0.5, 0.6) is 5.75 Å². The van der Waals surface area contributed by atoms with Gasteiger partial charge in [0, 0.05) is 23.3 Å². The van der Waals surface area contributed by atoms with E-state index in [1.807, 2.05) is 54.6 Å². The van der Waals surface area contributed by atoms with Crippen molar-refractivity contribution < 1.29 is 4.74 Å². The zero-order valence-corrected chi connectivity index (χ0v) is 13.9. The van der Waals surface area contributed by atoms with Crippen LogP contribution in [-0.4, -0.2) is 17.1 Å². The second kappa shape index (κ2) is 7.66. The number of nitrogens with zero attached hydrogens (tertiary/aromatic N) is 2. The van der Waals surface area contributed by atoms with Crippen molar-refractivity contribution in [2.45, 2.75) is 6.54 Å². The maximum atomic E-state index is 5.89. The van der Waals surface area contributed by atoms with Gasteiger partial charge in [0.1, 0.15) is 23.7 Å². The molecule has 0 spiro atoms. The predicted molar refractivity (Wildman–Crippen MR) is 97.1 cm³/mol. The summed E-state index contributed by atoms with van der Waals surface area (Å²) in [7, 11) is 1.64. The number of methoxy groups -OCH3 is 1. The lowest BCUT2D eigenvalue weighted by molar-refractivity contribution is 0.415. The largest absolute Gasteiger partial charge is 0.497 e. The van der Waals surface area contributed by atoms with Gasteiger partial charge in [-0.25, -0.2) is 9.97 Å². The van der Waals surface area contributed by atoms with E-state index in [1.165, 1.54) is 6.33 Å². The highest BCUT2D eigenvalue weighted by atomic mass is 35.5. The van der Waals surface area contributed by atoms with Crippen molar-refractivity contribution in [1.29, 1.82) is 0 Å². The Labute approximate surface area is 145 Å². The first-order valence-electron chi connectivity index (χ1n) is 7.44. The van der Waals surface area contributed by atoms with Crippen molar-refractivity contribution in [1.82, 2.24) is 9.97 Å². The van der Waals surface area contributed by atoms with Crippen molar-refractivity contribution >= 4 is 28.9 Å². The minimum atomic E-state index is 0.663. The molecule has 0 radical (unpaired) electrons. The highest BCUT2D eigenvalue weighted by Crippen LogP contribution is 2.20. The predicted octanol–water partition coefficient (Wildman–Crippen LogP) is 4.49. The van der Waals surface area contributed by atoms with Gasteiger partial charge in [-0.1, -0.05) is 23.7 Å². The zero-order valence-electron chi connectivity index (χ0n) is 13.2. The van der Waals surface area contributed by atoms with Gasteiger partial charge in [-0.15, -0.1) is 0 Å². The molecule has 24 heavy (non-hydrogen) atoms. The fraction of sp³-hybridized carbons (Fsp3) is 0.111. The molecule has 1 aromatic heterocycles. The van der Waals surface area contributed by atoms with Crippen LogP contribution in [0, 0.1) is 0 Å². The fourth-order valence-corrected chi connectivity index (χ4v) is 2.27. The molecule has 0 saturated heterocycles. The van der Waals surface area contributed by atoms with Crippen molar-refractivity contribution in [3.63, 3.8) is 0 Å². The molecule has 1 heterocycles. The molecule has 0 amide bonds. The molecular formula is C18H17ClN4O. The number of rotatable bonds is 6. The van der Waals surface area contributed by atoms with Crippen molar-refractivity contribution in [2.24, 2.45) is 0 Å². The average molecular weight is 341 g/mol. The fourth-order valence-electron chi connectivity index (χ4n) is 2.14. The zero-order chi connectivity index (χ0) is 16.8. The number of benzene rings is 2. The maximum absolute atomic E-state index is 5.89. The first-order valence-corrected chi connectivity index (χ1v) is 7.82. The average Bonchev–Trinajstić information content (AvgIpc) is 2.62. The quantitative estimate of drug-likeness (QED) is 0.692. The summed E-state index contributed by atoms with van der Waals surface area (Å²) in [6.07, 6.45) is 1.52. The van der Waals surface area contributed by atoms with E-state index in [9.17, 15) is 0 Å². The van der Waals surface area contributed by atoms with Crippen molar-refractivity contribution in [3.8, 4) is 5.75 Å². The van der Waals surface area contributed by atoms with Crippen LogP contribution in [-0.2, 0) is 6.54 Å². The first-order chi connectivity index (χ1) is 11.7. The summed E-state index contributed by atoms with van der Waals surface area (Å²) in [5.74, 6) is 2.28. The molecule has 6 heteroatoms. The highest BCUT2D eigenvalue weighted by Gasteiger charge is 2.01. The standard InChI is InChI=1S/C18H17ClN4O/c1-24-16-8-6-15(7-9-16)23-18-10-17(21-12-22-18)20-11-13-2-4-14(19)5-3-13/h2-10,12H,11H2,1H3,(H2,20,21,22,23). The summed E-state index contributed by atoms with van der Waals surface area (Å²) >= 11 is 5.89. The second-order valence-electron chi connectivity index (χ2n) is 5.12. The molecule has 0 aliphatic heterocycles. The third kappa shape index (κ3) is 4.36. The maximum Gasteiger partial charge on any atom is 0.135 e. The normalized spacial score (nSPS) is 10.2. The van der Waals surface area contributed by atoms with Gasteiger partial charge in [0.15, 0.2) is 0 Å². The summed E-state index contributed by atoms with van der Waals surface area (Å²) in [5, 5.41) is 7.24. The Balaban J connectivity index is 1.63. The van der Waals surface area contributed by atoms with E-state index in [1.54, 1.807) is 7.11 Å². The molecule has 2 aromatic carbocycles. The Hall–Kier alpha value is -2.79. The molecule has 0 fully saturated rings. The number of hydrogen-bond donors (Lipinski definition) is 2. The van der Waals surface area contributed by atoms with Crippen LogP contribution in [0.25, 0.3) is 0 Å². The third-order valence-electron chi connectivity index (χ3n) is 3.42. The number of nitrogens with one attached hydrogen (secondary N) is 2. The van der Waals surface area contributed by atoms with Gasteiger partial charge < -0.3 is 15.4 Å². The lowest BCUT2D eigenvalue weighted by atomic mass is 10.2. The monoisotopic (exact) mass is 340 g/mol. The van der Waals surface area contributed by atoms with Gasteiger partial charge >= 0.3 is 0 Å². The summed E-state index contributed by atoms with van der Waals surface area (Å²) in [4.78, 5) is 8.47. The van der Waals surface area contributed by atoms with Crippen LogP contribution in [0.1, 0.15) is 5.56 Å². The Bertz CT molecular complexity index is 791. The molecular weight excluding hydrogens is 324 g/mol. The van der Waals surface area contributed by atoms with E-state index < -0.39 is 0 Å². The van der Waals surface area contributed by atoms with Crippen LogP contribution in [0.4, 0.5) is 17.3 Å². The molecule has 0 aliphatic rings. The summed E-state index contributed by atoms with van der Waals surface area (Å²) < 4.78 is 5.15. The van der Waals surface area contributed by atoms with E-state index in [-0.39, 0.29) is 0 Å². The first kappa shape index (κ1) is 16.1. The summed E-state index contributed by atoms with van der Waals surface area (Å²) in [5.41, 5.74) is 2.06. The van der Waals surface area contributed by atoms with E-state index in [0.29, 0.717) is 12.4 Å². The minimum Gasteiger partial charge on any atom is -0.497 e. The lowest BCUT2D eigenvalue weighted by Gasteiger charge is -2.09. The molecule has 0 atom stereocenters. The third-order valence-corrected chi connectivity index (χ3v) is 3.67. The molecule has 3 rings (SSSR count). The summed E-state index contributed by atoms with van der Waals surface area (Å²) in [6, 6.07) is 17.2. The van der Waals surface area contributed by atoms with Crippen LogP contribution in [0.15, 0.2) is 60.9 Å². The van der Waals surface area contributed by atoms with E-state index in [0.717, 1.165) is 27.8 Å². The van der Waals surface area contributed by atoms with E-state index in [4.69, 9.17) is 16.3 Å². The van der Waals surface area contributed by atoms with Gasteiger partial charge in [-0.05, 0) is 42.0 Å². The van der Waals surface area contributed by atoms with Gasteiger partial charge in [-0.2, -0.15) is 0 Å².